The number of H-pyrrole nitrogens is 1. The molecule has 0 unspecified atom stereocenters. The Balaban J connectivity index is 1.83. The Morgan fingerprint density at radius 3 is 3.11 bits per heavy atom. The van der Waals surface area contributed by atoms with Crippen molar-refractivity contribution in [1.29, 1.82) is 0 Å². The smallest absolute Gasteiger partial charge is 0.123 e. The number of rotatable bonds is 2. The predicted molar refractivity (Wildman–Crippen MR) is 71.7 cm³/mol. The van der Waals surface area contributed by atoms with Gasteiger partial charge in [0.2, 0.25) is 0 Å². The van der Waals surface area contributed by atoms with Gasteiger partial charge in [0.15, 0.2) is 0 Å². The molecule has 3 rings (SSSR count). The Morgan fingerprint density at radius 2 is 2.28 bits per heavy atom. The van der Waals surface area contributed by atoms with Gasteiger partial charge in [-0.25, -0.2) is 0 Å². The van der Waals surface area contributed by atoms with Gasteiger partial charge in [-0.15, -0.1) is 0 Å². The lowest BCUT2D eigenvalue weighted by atomic mass is 9.93. The lowest BCUT2D eigenvalue weighted by Gasteiger charge is -2.27. The van der Waals surface area contributed by atoms with E-state index in [0.717, 1.165) is 41.5 Å². The summed E-state index contributed by atoms with van der Waals surface area (Å²) in [6.07, 6.45) is 6.47. The van der Waals surface area contributed by atoms with Crippen LogP contribution >= 0.6 is 0 Å². The van der Waals surface area contributed by atoms with Gasteiger partial charge in [0.25, 0.3) is 0 Å². The highest BCUT2D eigenvalue weighted by Gasteiger charge is 2.21. The third kappa shape index (κ3) is 2.08. The molecule has 2 atom stereocenters. The van der Waals surface area contributed by atoms with E-state index >= 15 is 0 Å². The van der Waals surface area contributed by atoms with E-state index in [0.29, 0.717) is 6.04 Å². The molecule has 1 fully saturated rings. The largest absolute Gasteiger partial charge is 0.490 e. The van der Waals surface area contributed by atoms with E-state index in [1.165, 1.54) is 6.42 Å². The molecule has 1 aromatic carbocycles. The Morgan fingerprint density at radius 1 is 1.39 bits per heavy atom. The molecule has 3 N–H and O–H groups in total. The molecule has 18 heavy (non-hydrogen) atoms. The van der Waals surface area contributed by atoms with Crippen molar-refractivity contribution < 1.29 is 4.74 Å². The minimum Gasteiger partial charge on any atom is -0.490 e. The zero-order chi connectivity index (χ0) is 12.5. The molecule has 0 bridgehead atoms. The Hall–Kier alpha value is -1.55. The molecule has 0 aliphatic heterocycles. The van der Waals surface area contributed by atoms with Crippen LogP contribution < -0.4 is 10.5 Å². The SMILES string of the molecule is Cc1c(O[C@H]2CCC[C@H](N)C2)ccc2[nH]ncc12. The van der Waals surface area contributed by atoms with Gasteiger partial charge in [0.05, 0.1) is 11.7 Å². The minimum absolute atomic E-state index is 0.261. The molecule has 2 aromatic rings. The average molecular weight is 245 g/mol. The molecule has 0 saturated heterocycles. The molecule has 0 radical (unpaired) electrons. The van der Waals surface area contributed by atoms with Crippen molar-refractivity contribution in [2.75, 3.05) is 0 Å². The summed E-state index contributed by atoms with van der Waals surface area (Å²) >= 11 is 0. The van der Waals surface area contributed by atoms with Crippen LogP contribution in [0, 0.1) is 6.92 Å². The Bertz CT molecular complexity index is 549. The first-order valence-corrected chi connectivity index (χ1v) is 6.59. The molecule has 96 valence electrons. The molecular weight excluding hydrogens is 226 g/mol. The van der Waals surface area contributed by atoms with E-state index < -0.39 is 0 Å². The fourth-order valence-electron chi connectivity index (χ4n) is 2.73. The van der Waals surface area contributed by atoms with Crippen LogP contribution in [-0.2, 0) is 0 Å². The highest BCUT2D eigenvalue weighted by molar-refractivity contribution is 5.83. The topological polar surface area (TPSA) is 63.9 Å². The molecule has 1 heterocycles. The van der Waals surface area contributed by atoms with Crippen LogP contribution in [-0.4, -0.2) is 22.3 Å². The molecule has 1 saturated carbocycles. The molecule has 1 aliphatic carbocycles. The molecule has 1 aliphatic rings. The molecule has 1 aromatic heterocycles. The number of hydrogen-bond donors (Lipinski definition) is 2. The van der Waals surface area contributed by atoms with Crippen LogP contribution in [0.1, 0.15) is 31.2 Å². The van der Waals surface area contributed by atoms with Crippen LogP contribution in [0.15, 0.2) is 18.3 Å². The van der Waals surface area contributed by atoms with Crippen molar-refractivity contribution in [3.8, 4) is 5.75 Å². The standard InChI is InChI=1S/C14H19N3O/c1-9-12-8-16-17-13(12)5-6-14(9)18-11-4-2-3-10(15)7-11/h5-6,8,10-11H,2-4,7,15H2,1H3,(H,16,17)/t10-,11-/m0/s1. The number of nitrogens with zero attached hydrogens (tertiary/aromatic N) is 1. The van der Waals surface area contributed by atoms with Crippen LogP contribution in [0.4, 0.5) is 0 Å². The van der Waals surface area contributed by atoms with Crippen molar-refractivity contribution in [3.63, 3.8) is 0 Å². The lowest BCUT2D eigenvalue weighted by Crippen LogP contribution is -2.33. The number of benzene rings is 1. The first kappa shape index (κ1) is 11.5. The second kappa shape index (κ2) is 4.61. The van der Waals surface area contributed by atoms with E-state index in [9.17, 15) is 0 Å². The molecule has 0 amide bonds. The maximum atomic E-state index is 6.11. The second-order valence-corrected chi connectivity index (χ2v) is 5.19. The van der Waals surface area contributed by atoms with Gasteiger partial charge in [-0.05, 0) is 44.7 Å². The van der Waals surface area contributed by atoms with Crippen LogP contribution in [0.5, 0.6) is 5.75 Å². The van der Waals surface area contributed by atoms with E-state index in [4.69, 9.17) is 10.5 Å². The summed E-state index contributed by atoms with van der Waals surface area (Å²) in [5, 5.41) is 8.17. The van der Waals surface area contributed by atoms with Gasteiger partial charge in [-0.1, -0.05) is 0 Å². The van der Waals surface area contributed by atoms with Gasteiger partial charge in [-0.2, -0.15) is 5.10 Å². The molecule has 0 spiro atoms. The number of aromatic nitrogens is 2. The van der Waals surface area contributed by atoms with Crippen LogP contribution in [0.25, 0.3) is 10.9 Å². The maximum Gasteiger partial charge on any atom is 0.123 e. The van der Waals surface area contributed by atoms with Gasteiger partial charge in [0.1, 0.15) is 11.9 Å². The first-order valence-electron chi connectivity index (χ1n) is 6.59. The normalized spacial score (nSPS) is 24.3. The number of nitrogens with two attached hydrogens (primary N) is 1. The van der Waals surface area contributed by atoms with Gasteiger partial charge >= 0.3 is 0 Å². The molecule has 4 nitrogen and oxygen atoms in total. The highest BCUT2D eigenvalue weighted by atomic mass is 16.5. The Kier molecular flexibility index (Phi) is 2.96. The van der Waals surface area contributed by atoms with E-state index in [1.807, 2.05) is 18.3 Å². The number of aromatic amines is 1. The lowest BCUT2D eigenvalue weighted by molar-refractivity contribution is 0.144. The second-order valence-electron chi connectivity index (χ2n) is 5.19. The van der Waals surface area contributed by atoms with Crippen LogP contribution in [0.2, 0.25) is 0 Å². The van der Waals surface area contributed by atoms with Crippen molar-refractivity contribution >= 4 is 10.9 Å². The third-order valence-corrected chi connectivity index (χ3v) is 3.80. The van der Waals surface area contributed by atoms with Crippen molar-refractivity contribution in [2.45, 2.75) is 44.8 Å². The van der Waals surface area contributed by atoms with Crippen molar-refractivity contribution in [2.24, 2.45) is 5.73 Å². The van der Waals surface area contributed by atoms with Gasteiger partial charge in [0, 0.05) is 17.0 Å². The first-order chi connectivity index (χ1) is 8.74. The van der Waals surface area contributed by atoms with Gasteiger partial charge < -0.3 is 10.5 Å². The monoisotopic (exact) mass is 245 g/mol. The van der Waals surface area contributed by atoms with Gasteiger partial charge in [-0.3, -0.25) is 5.10 Å². The maximum absolute atomic E-state index is 6.11. The number of nitrogens with one attached hydrogen (secondary N) is 1. The van der Waals surface area contributed by atoms with Crippen molar-refractivity contribution in [1.82, 2.24) is 10.2 Å². The molecule has 4 heteroatoms. The number of fused-ring (bicyclic) bond motifs is 1. The van der Waals surface area contributed by atoms with Crippen molar-refractivity contribution in [3.05, 3.63) is 23.9 Å². The zero-order valence-electron chi connectivity index (χ0n) is 10.6. The highest BCUT2D eigenvalue weighted by Crippen LogP contribution is 2.29. The summed E-state index contributed by atoms with van der Waals surface area (Å²) in [4.78, 5) is 0. The van der Waals surface area contributed by atoms with E-state index in [2.05, 4.69) is 17.1 Å². The fourth-order valence-corrected chi connectivity index (χ4v) is 2.73. The summed E-state index contributed by atoms with van der Waals surface area (Å²) in [7, 11) is 0. The quantitative estimate of drug-likeness (QED) is 0.854. The summed E-state index contributed by atoms with van der Waals surface area (Å²) in [6.45, 7) is 2.08. The minimum atomic E-state index is 0.261. The zero-order valence-corrected chi connectivity index (χ0v) is 10.6. The average Bonchev–Trinajstić information content (AvgIpc) is 2.82. The summed E-state index contributed by atoms with van der Waals surface area (Å²) in [5.41, 5.74) is 8.20. The number of hydrogen-bond acceptors (Lipinski definition) is 3. The number of aryl methyl sites for hydroxylation is 1. The third-order valence-electron chi connectivity index (χ3n) is 3.80. The van der Waals surface area contributed by atoms with Crippen LogP contribution in [0.3, 0.4) is 0 Å². The number of ether oxygens (including phenoxy) is 1. The molecular formula is C14H19N3O. The summed E-state index contributed by atoms with van der Waals surface area (Å²) in [6, 6.07) is 4.34. The fraction of sp³-hybridized carbons (Fsp3) is 0.500. The summed E-state index contributed by atoms with van der Waals surface area (Å²) in [5.74, 6) is 0.961. The van der Waals surface area contributed by atoms with E-state index in [-0.39, 0.29) is 6.10 Å². The predicted octanol–water partition coefficient (Wildman–Crippen LogP) is 2.52. The summed E-state index contributed by atoms with van der Waals surface area (Å²) < 4.78 is 6.11. The Labute approximate surface area is 107 Å². The van der Waals surface area contributed by atoms with E-state index in [1.54, 1.807) is 0 Å².